The zero-order chi connectivity index (χ0) is 11.8. The first-order valence-electron chi connectivity index (χ1n) is 5.97. The molecule has 1 aliphatic carbocycles. The molecule has 0 spiro atoms. The number of hydrogen-bond donors (Lipinski definition) is 2. The van der Waals surface area contributed by atoms with Crippen LogP contribution >= 0.6 is 0 Å². The molecule has 1 aromatic rings. The number of aliphatic hydroxyl groups is 1. The Bertz CT molecular complexity index is 367. The molecule has 0 amide bonds. The van der Waals surface area contributed by atoms with Gasteiger partial charge in [-0.15, -0.1) is 0 Å². The Morgan fingerprint density at radius 3 is 2.69 bits per heavy atom. The summed E-state index contributed by atoms with van der Waals surface area (Å²) in [5.74, 6) is 0. The predicted octanol–water partition coefficient (Wildman–Crippen LogP) is 2.28. The number of hydrogen-bond acceptors (Lipinski definition) is 2. The van der Waals surface area contributed by atoms with Gasteiger partial charge in [-0.05, 0) is 16.5 Å². The van der Waals surface area contributed by atoms with Gasteiger partial charge in [0.2, 0.25) is 0 Å². The average Bonchev–Trinajstić information content (AvgIpc) is 2.49. The fourth-order valence-corrected chi connectivity index (χ4v) is 2.24. The molecule has 0 fully saturated rings. The maximum Gasteiger partial charge on any atom is 0.0775 e. The molecule has 0 radical (unpaired) electrons. The second-order valence-electron chi connectivity index (χ2n) is 5.89. The van der Waals surface area contributed by atoms with Crippen molar-refractivity contribution in [3.63, 3.8) is 0 Å². The second-order valence-corrected chi connectivity index (χ2v) is 5.89. The number of fused-ring (bicyclic) bond motifs is 1. The van der Waals surface area contributed by atoms with Crippen molar-refractivity contribution in [2.45, 2.75) is 39.3 Å². The van der Waals surface area contributed by atoms with E-state index in [1.807, 2.05) is 12.1 Å². The van der Waals surface area contributed by atoms with Gasteiger partial charge in [-0.25, -0.2) is 0 Å². The van der Waals surface area contributed by atoms with Gasteiger partial charge in [0.25, 0.3) is 0 Å². The lowest BCUT2D eigenvalue weighted by Gasteiger charge is -2.24. The molecule has 0 heterocycles. The zero-order valence-electron chi connectivity index (χ0n) is 10.3. The van der Waals surface area contributed by atoms with Gasteiger partial charge in [-0.3, -0.25) is 0 Å². The standard InChI is InChI=1S/C14H21NO/c1-14(2,3)9-15-13-11-7-5-4-6-10(11)8-12(13)16/h4-7,12-13,15-16H,8-9H2,1-3H3/t12-,13+/m0/s1. The monoisotopic (exact) mass is 219 g/mol. The van der Waals surface area contributed by atoms with Gasteiger partial charge >= 0.3 is 0 Å². The molecule has 2 rings (SSSR count). The lowest BCUT2D eigenvalue weighted by molar-refractivity contribution is 0.135. The quantitative estimate of drug-likeness (QED) is 0.800. The molecular formula is C14H21NO. The Morgan fingerprint density at radius 2 is 2.00 bits per heavy atom. The molecule has 0 saturated heterocycles. The van der Waals surface area contributed by atoms with Crippen molar-refractivity contribution in [3.8, 4) is 0 Å². The highest BCUT2D eigenvalue weighted by Gasteiger charge is 2.30. The van der Waals surface area contributed by atoms with Crippen molar-refractivity contribution >= 4 is 0 Å². The summed E-state index contributed by atoms with van der Waals surface area (Å²) in [5.41, 5.74) is 2.79. The minimum Gasteiger partial charge on any atom is -0.391 e. The first-order chi connectivity index (χ1) is 7.47. The summed E-state index contributed by atoms with van der Waals surface area (Å²) in [6.45, 7) is 7.52. The topological polar surface area (TPSA) is 32.3 Å². The van der Waals surface area contributed by atoms with Crippen LogP contribution in [0.15, 0.2) is 24.3 Å². The van der Waals surface area contributed by atoms with E-state index in [1.165, 1.54) is 11.1 Å². The summed E-state index contributed by atoms with van der Waals surface area (Å²) >= 11 is 0. The van der Waals surface area contributed by atoms with E-state index >= 15 is 0 Å². The van der Waals surface area contributed by atoms with E-state index in [2.05, 4.69) is 38.2 Å². The average molecular weight is 219 g/mol. The van der Waals surface area contributed by atoms with E-state index in [-0.39, 0.29) is 17.6 Å². The Morgan fingerprint density at radius 1 is 1.31 bits per heavy atom. The summed E-state index contributed by atoms with van der Waals surface area (Å²) in [6.07, 6.45) is 0.498. The van der Waals surface area contributed by atoms with Crippen LogP contribution in [-0.2, 0) is 6.42 Å². The fraction of sp³-hybridized carbons (Fsp3) is 0.571. The highest BCUT2D eigenvalue weighted by Crippen LogP contribution is 2.31. The van der Waals surface area contributed by atoms with Crippen LogP contribution in [0.4, 0.5) is 0 Å². The molecule has 88 valence electrons. The molecule has 16 heavy (non-hydrogen) atoms. The largest absolute Gasteiger partial charge is 0.391 e. The third-order valence-electron chi connectivity index (χ3n) is 3.06. The molecule has 0 unspecified atom stereocenters. The Labute approximate surface area is 97.7 Å². The van der Waals surface area contributed by atoms with Gasteiger partial charge in [0.1, 0.15) is 0 Å². The number of nitrogens with one attached hydrogen (secondary N) is 1. The number of rotatable bonds is 2. The Hall–Kier alpha value is -0.860. The zero-order valence-corrected chi connectivity index (χ0v) is 10.3. The summed E-state index contributed by atoms with van der Waals surface area (Å²) in [7, 11) is 0. The van der Waals surface area contributed by atoms with E-state index in [4.69, 9.17) is 0 Å². The van der Waals surface area contributed by atoms with Crippen molar-refractivity contribution < 1.29 is 5.11 Å². The molecule has 2 heteroatoms. The van der Waals surface area contributed by atoms with Gasteiger partial charge < -0.3 is 10.4 Å². The lowest BCUT2D eigenvalue weighted by Crippen LogP contribution is -2.34. The SMILES string of the molecule is CC(C)(C)CN[C@@H]1c2ccccc2C[C@@H]1O. The highest BCUT2D eigenvalue weighted by atomic mass is 16.3. The van der Waals surface area contributed by atoms with Crippen LogP contribution in [0, 0.1) is 5.41 Å². The summed E-state index contributed by atoms with van der Waals surface area (Å²) in [5, 5.41) is 13.5. The van der Waals surface area contributed by atoms with Crippen LogP contribution in [0.5, 0.6) is 0 Å². The maximum atomic E-state index is 10.0. The van der Waals surface area contributed by atoms with E-state index in [0.29, 0.717) is 0 Å². The van der Waals surface area contributed by atoms with Gasteiger partial charge in [-0.1, -0.05) is 45.0 Å². The molecule has 0 bridgehead atoms. The first kappa shape index (κ1) is 11.6. The smallest absolute Gasteiger partial charge is 0.0775 e. The molecular weight excluding hydrogens is 198 g/mol. The molecule has 2 N–H and O–H groups in total. The van der Waals surface area contributed by atoms with Crippen LogP contribution in [0.25, 0.3) is 0 Å². The normalized spacial score (nSPS) is 24.5. The summed E-state index contributed by atoms with van der Waals surface area (Å²) < 4.78 is 0. The van der Waals surface area contributed by atoms with Gasteiger partial charge in [-0.2, -0.15) is 0 Å². The Kier molecular flexibility index (Phi) is 3.04. The van der Waals surface area contributed by atoms with Crippen molar-refractivity contribution in [3.05, 3.63) is 35.4 Å². The third kappa shape index (κ3) is 2.45. The molecule has 0 aliphatic heterocycles. The molecule has 1 aliphatic rings. The lowest BCUT2D eigenvalue weighted by atomic mass is 9.96. The van der Waals surface area contributed by atoms with Gasteiger partial charge in [0.15, 0.2) is 0 Å². The van der Waals surface area contributed by atoms with E-state index < -0.39 is 0 Å². The minimum absolute atomic E-state index is 0.107. The number of aliphatic hydroxyl groups excluding tert-OH is 1. The van der Waals surface area contributed by atoms with E-state index in [0.717, 1.165) is 13.0 Å². The maximum absolute atomic E-state index is 10.0. The van der Waals surface area contributed by atoms with Crippen molar-refractivity contribution in [2.75, 3.05) is 6.54 Å². The number of benzene rings is 1. The van der Waals surface area contributed by atoms with Crippen LogP contribution in [-0.4, -0.2) is 17.8 Å². The molecule has 1 aromatic carbocycles. The Balaban J connectivity index is 2.10. The van der Waals surface area contributed by atoms with Crippen LogP contribution in [0.3, 0.4) is 0 Å². The molecule has 2 atom stereocenters. The van der Waals surface area contributed by atoms with Crippen molar-refractivity contribution in [2.24, 2.45) is 5.41 Å². The minimum atomic E-state index is -0.278. The van der Waals surface area contributed by atoms with Crippen LogP contribution < -0.4 is 5.32 Å². The third-order valence-corrected chi connectivity index (χ3v) is 3.06. The van der Waals surface area contributed by atoms with Gasteiger partial charge in [0.05, 0.1) is 12.1 Å². The van der Waals surface area contributed by atoms with Gasteiger partial charge in [0, 0.05) is 13.0 Å². The van der Waals surface area contributed by atoms with Crippen LogP contribution in [0.2, 0.25) is 0 Å². The van der Waals surface area contributed by atoms with Crippen molar-refractivity contribution in [1.82, 2.24) is 5.32 Å². The first-order valence-corrected chi connectivity index (χ1v) is 5.97. The molecule has 0 saturated carbocycles. The van der Waals surface area contributed by atoms with Crippen molar-refractivity contribution in [1.29, 1.82) is 0 Å². The highest BCUT2D eigenvalue weighted by molar-refractivity contribution is 5.36. The summed E-state index contributed by atoms with van der Waals surface area (Å²) in [6, 6.07) is 8.42. The molecule has 0 aromatic heterocycles. The molecule has 2 nitrogen and oxygen atoms in total. The second kappa shape index (κ2) is 4.19. The van der Waals surface area contributed by atoms with E-state index in [1.54, 1.807) is 0 Å². The fourth-order valence-electron chi connectivity index (χ4n) is 2.24. The van der Waals surface area contributed by atoms with Crippen LogP contribution in [0.1, 0.15) is 37.9 Å². The predicted molar refractivity (Wildman–Crippen MR) is 66.4 cm³/mol. The van der Waals surface area contributed by atoms with E-state index in [9.17, 15) is 5.11 Å². The summed E-state index contributed by atoms with van der Waals surface area (Å²) in [4.78, 5) is 0.